The number of carbonyl (C=O) groups excluding carboxylic acids is 1. The molecular formula is C23H23ClF3NO6. The van der Waals surface area contributed by atoms with Gasteiger partial charge in [0.15, 0.2) is 11.5 Å². The lowest BCUT2D eigenvalue weighted by atomic mass is 9.82. The molecule has 2 aliphatic rings. The van der Waals surface area contributed by atoms with Crippen LogP contribution in [0, 0.1) is 0 Å². The average molecular weight is 502 g/mol. The number of rotatable bonds is 7. The molecule has 2 heterocycles. The minimum atomic E-state index is -4.73. The molecule has 0 bridgehead atoms. The lowest BCUT2D eigenvalue weighted by Gasteiger charge is -2.42. The van der Waals surface area contributed by atoms with Gasteiger partial charge in [0.05, 0.1) is 20.3 Å². The largest absolute Gasteiger partial charge is 0.522 e. The van der Waals surface area contributed by atoms with Crippen LogP contribution in [0.15, 0.2) is 42.5 Å². The summed E-state index contributed by atoms with van der Waals surface area (Å²) in [5.74, 6) is 0.194. The Bertz CT molecular complexity index is 1040. The molecule has 2 unspecified atom stereocenters. The number of halogens is 4. The van der Waals surface area contributed by atoms with Crippen LogP contribution in [-0.2, 0) is 19.8 Å². The monoisotopic (exact) mass is 501 g/mol. The van der Waals surface area contributed by atoms with Gasteiger partial charge in [0.25, 0.3) is 5.91 Å². The van der Waals surface area contributed by atoms with Gasteiger partial charge < -0.3 is 23.8 Å². The average Bonchev–Trinajstić information content (AvgIpc) is 3.25. The third kappa shape index (κ3) is 5.25. The van der Waals surface area contributed by atoms with E-state index in [1.54, 1.807) is 11.0 Å². The molecule has 0 aromatic heterocycles. The van der Waals surface area contributed by atoms with E-state index in [1.165, 1.54) is 25.3 Å². The standard InChI is InChI=1S/C23H23ClF3NO6/c1-30-19-11-15(5-6-18(19)31-9-10-33-23(25,26)27)21(29)28-8-7-22(20(13-28)32-14-34-22)16-3-2-4-17(24)12-16/h2-6,11-12,20H,7-10,13-14H2,1H3. The van der Waals surface area contributed by atoms with E-state index in [0.29, 0.717) is 30.1 Å². The first kappa shape index (κ1) is 24.6. The number of amides is 1. The first-order chi connectivity index (χ1) is 16.2. The van der Waals surface area contributed by atoms with Gasteiger partial charge in [0, 0.05) is 23.6 Å². The summed E-state index contributed by atoms with van der Waals surface area (Å²) in [5, 5.41) is 0.596. The number of methoxy groups -OCH3 is 1. The molecule has 34 heavy (non-hydrogen) atoms. The van der Waals surface area contributed by atoms with Gasteiger partial charge in [-0.05, 0) is 35.9 Å². The molecule has 11 heteroatoms. The number of carbonyl (C=O) groups is 1. The summed E-state index contributed by atoms with van der Waals surface area (Å²) < 4.78 is 62.4. The minimum Gasteiger partial charge on any atom is -0.493 e. The molecular weight excluding hydrogens is 479 g/mol. The fraction of sp³-hybridized carbons (Fsp3) is 0.435. The fourth-order valence-electron chi connectivity index (χ4n) is 4.24. The Kier molecular flexibility index (Phi) is 7.22. The maximum Gasteiger partial charge on any atom is 0.522 e. The maximum atomic E-state index is 13.2. The number of likely N-dealkylation sites (tertiary alicyclic amines) is 1. The van der Waals surface area contributed by atoms with E-state index >= 15 is 0 Å². The quantitative estimate of drug-likeness (QED) is 0.525. The molecule has 0 N–H and O–H groups in total. The molecule has 0 aliphatic carbocycles. The van der Waals surface area contributed by atoms with Gasteiger partial charge in [-0.3, -0.25) is 9.53 Å². The van der Waals surface area contributed by atoms with E-state index in [2.05, 4.69) is 4.74 Å². The topological polar surface area (TPSA) is 66.5 Å². The third-order valence-corrected chi connectivity index (χ3v) is 6.10. The highest BCUT2D eigenvalue weighted by atomic mass is 35.5. The number of hydrogen-bond acceptors (Lipinski definition) is 6. The van der Waals surface area contributed by atoms with E-state index in [1.807, 2.05) is 18.2 Å². The van der Waals surface area contributed by atoms with Crippen molar-refractivity contribution in [3.63, 3.8) is 0 Å². The molecule has 2 saturated heterocycles. The van der Waals surface area contributed by atoms with Crippen LogP contribution in [0.4, 0.5) is 13.2 Å². The van der Waals surface area contributed by atoms with E-state index in [-0.39, 0.29) is 36.9 Å². The molecule has 184 valence electrons. The molecule has 2 aromatic rings. The normalized spacial score (nSPS) is 22.4. The van der Waals surface area contributed by atoms with Crippen molar-refractivity contribution in [2.45, 2.75) is 24.5 Å². The van der Waals surface area contributed by atoms with Crippen LogP contribution < -0.4 is 9.47 Å². The number of fused-ring (bicyclic) bond motifs is 1. The molecule has 2 fully saturated rings. The summed E-state index contributed by atoms with van der Waals surface area (Å²) in [5.41, 5.74) is 0.590. The summed E-state index contributed by atoms with van der Waals surface area (Å²) in [6.45, 7) is -0.128. The van der Waals surface area contributed by atoms with Crippen molar-refractivity contribution in [3.05, 3.63) is 58.6 Å². The molecule has 7 nitrogen and oxygen atoms in total. The number of benzene rings is 2. The summed E-state index contributed by atoms with van der Waals surface area (Å²) in [6.07, 6.45) is -4.56. The predicted molar refractivity (Wildman–Crippen MR) is 115 cm³/mol. The molecule has 2 aromatic carbocycles. The fourth-order valence-corrected chi connectivity index (χ4v) is 4.43. The predicted octanol–water partition coefficient (Wildman–Crippen LogP) is 4.38. The van der Waals surface area contributed by atoms with E-state index in [0.717, 1.165) is 5.56 Å². The lowest BCUT2D eigenvalue weighted by Crippen LogP contribution is -2.53. The van der Waals surface area contributed by atoms with Crippen molar-refractivity contribution in [3.8, 4) is 11.5 Å². The van der Waals surface area contributed by atoms with E-state index in [9.17, 15) is 18.0 Å². The molecule has 0 saturated carbocycles. The van der Waals surface area contributed by atoms with Gasteiger partial charge in [0.1, 0.15) is 25.1 Å². The lowest BCUT2D eigenvalue weighted by molar-refractivity contribution is -0.325. The zero-order valence-electron chi connectivity index (χ0n) is 18.3. The summed E-state index contributed by atoms with van der Waals surface area (Å²) >= 11 is 6.17. The van der Waals surface area contributed by atoms with E-state index in [4.69, 9.17) is 30.5 Å². The summed E-state index contributed by atoms with van der Waals surface area (Å²) in [6, 6.07) is 11.9. The van der Waals surface area contributed by atoms with Crippen molar-refractivity contribution < 1.29 is 41.7 Å². The van der Waals surface area contributed by atoms with Crippen molar-refractivity contribution >= 4 is 17.5 Å². The molecule has 2 aliphatic heterocycles. The van der Waals surface area contributed by atoms with Crippen molar-refractivity contribution in [1.82, 2.24) is 4.90 Å². The molecule has 0 radical (unpaired) electrons. The van der Waals surface area contributed by atoms with Crippen LogP contribution in [0.25, 0.3) is 0 Å². The first-order valence-electron chi connectivity index (χ1n) is 10.5. The van der Waals surface area contributed by atoms with E-state index < -0.39 is 18.6 Å². The number of alkyl halides is 3. The SMILES string of the molecule is COc1cc(C(=O)N2CCC3(c4cccc(Cl)c4)OCOC3C2)ccc1OCCOC(F)(F)F. The molecule has 0 spiro atoms. The van der Waals surface area contributed by atoms with Crippen LogP contribution in [0.5, 0.6) is 11.5 Å². The van der Waals surface area contributed by atoms with Crippen LogP contribution in [0.3, 0.4) is 0 Å². The Balaban J connectivity index is 1.43. The zero-order chi connectivity index (χ0) is 24.3. The second-order valence-electron chi connectivity index (χ2n) is 7.83. The summed E-state index contributed by atoms with van der Waals surface area (Å²) in [4.78, 5) is 14.9. The number of nitrogens with zero attached hydrogens (tertiary/aromatic N) is 1. The van der Waals surface area contributed by atoms with Gasteiger partial charge in [-0.15, -0.1) is 13.2 Å². The van der Waals surface area contributed by atoms with Gasteiger partial charge in [-0.2, -0.15) is 0 Å². The van der Waals surface area contributed by atoms with Crippen LogP contribution in [0.1, 0.15) is 22.3 Å². The van der Waals surface area contributed by atoms with Crippen LogP contribution in [-0.4, -0.2) is 63.5 Å². The van der Waals surface area contributed by atoms with Gasteiger partial charge in [0.2, 0.25) is 0 Å². The second-order valence-corrected chi connectivity index (χ2v) is 8.26. The highest BCUT2D eigenvalue weighted by molar-refractivity contribution is 6.30. The van der Waals surface area contributed by atoms with Crippen molar-refractivity contribution in [1.29, 1.82) is 0 Å². The van der Waals surface area contributed by atoms with Crippen LogP contribution >= 0.6 is 11.6 Å². The minimum absolute atomic E-state index is 0.122. The highest BCUT2D eigenvalue weighted by Gasteiger charge is 2.51. The molecule has 1 amide bonds. The maximum absolute atomic E-state index is 13.2. The van der Waals surface area contributed by atoms with Gasteiger partial charge >= 0.3 is 6.36 Å². The third-order valence-electron chi connectivity index (χ3n) is 5.86. The zero-order valence-corrected chi connectivity index (χ0v) is 19.0. The number of piperidine rings is 1. The first-order valence-corrected chi connectivity index (χ1v) is 10.9. The Labute approximate surface area is 199 Å². The highest BCUT2D eigenvalue weighted by Crippen LogP contribution is 2.43. The Morgan fingerprint density at radius 3 is 2.76 bits per heavy atom. The number of hydrogen-bond donors (Lipinski definition) is 0. The molecule has 4 rings (SSSR count). The smallest absolute Gasteiger partial charge is 0.493 e. The van der Waals surface area contributed by atoms with Crippen molar-refractivity contribution in [2.24, 2.45) is 0 Å². The Morgan fingerprint density at radius 2 is 2.03 bits per heavy atom. The summed E-state index contributed by atoms with van der Waals surface area (Å²) in [7, 11) is 1.38. The van der Waals surface area contributed by atoms with Gasteiger partial charge in [-0.1, -0.05) is 23.7 Å². The number of ether oxygens (including phenoxy) is 5. The second kappa shape index (κ2) is 9.99. The van der Waals surface area contributed by atoms with Crippen LogP contribution in [0.2, 0.25) is 5.02 Å². The van der Waals surface area contributed by atoms with Crippen molar-refractivity contribution in [2.75, 3.05) is 40.2 Å². The molecule has 2 atom stereocenters. The Morgan fingerprint density at radius 1 is 1.21 bits per heavy atom. The Hall–Kier alpha value is -2.53. The van der Waals surface area contributed by atoms with Gasteiger partial charge in [-0.25, -0.2) is 0 Å².